The molecule has 62 heavy (non-hydrogen) atoms. The highest BCUT2D eigenvalue weighted by molar-refractivity contribution is 7.47. The lowest BCUT2D eigenvalue weighted by Crippen LogP contribution is -2.45. The van der Waals surface area contributed by atoms with Crippen molar-refractivity contribution in [3.63, 3.8) is 0 Å². The van der Waals surface area contributed by atoms with Crippen LogP contribution in [0.25, 0.3) is 0 Å². The van der Waals surface area contributed by atoms with Gasteiger partial charge in [0, 0.05) is 6.42 Å². The first-order chi connectivity index (χ1) is 30.0. The molecule has 0 aromatic carbocycles. The van der Waals surface area contributed by atoms with Gasteiger partial charge in [-0.2, -0.15) is 0 Å². The van der Waals surface area contributed by atoms with Crippen LogP contribution in [0.2, 0.25) is 0 Å². The van der Waals surface area contributed by atoms with Gasteiger partial charge < -0.3 is 19.8 Å². The molecule has 0 aliphatic heterocycles. The number of aliphatic hydroxyl groups excluding tert-OH is 1. The van der Waals surface area contributed by atoms with Crippen molar-refractivity contribution in [1.29, 1.82) is 0 Å². The zero-order valence-corrected chi connectivity index (χ0v) is 42.3. The van der Waals surface area contributed by atoms with Gasteiger partial charge in [0.25, 0.3) is 0 Å². The van der Waals surface area contributed by atoms with Gasteiger partial charge in [0.05, 0.1) is 39.9 Å². The fraction of sp³-hybridized carbons (Fsp3) is 0.830. The number of carbonyl (C=O) groups excluding carboxylic acids is 1. The molecule has 0 fully saturated rings. The van der Waals surface area contributed by atoms with Crippen LogP contribution in [0.4, 0.5) is 0 Å². The third-order valence-electron chi connectivity index (χ3n) is 11.5. The van der Waals surface area contributed by atoms with Crippen molar-refractivity contribution >= 4 is 13.7 Å². The van der Waals surface area contributed by atoms with Gasteiger partial charge >= 0.3 is 7.82 Å². The first-order valence-corrected chi connectivity index (χ1v) is 27.5. The minimum Gasteiger partial charge on any atom is -0.387 e. The molecule has 9 heteroatoms. The normalized spacial score (nSPS) is 14.5. The Hall–Kier alpha value is -1.54. The molecular formula is C53H102N2O6P+. The lowest BCUT2D eigenvalue weighted by molar-refractivity contribution is -0.870. The smallest absolute Gasteiger partial charge is 0.387 e. The Bertz CT molecular complexity index is 1150. The molecule has 0 aliphatic rings. The van der Waals surface area contributed by atoms with Crippen LogP contribution in [0.15, 0.2) is 48.6 Å². The van der Waals surface area contributed by atoms with E-state index in [2.05, 4.69) is 55.6 Å². The Balaban J connectivity index is 4.39. The third kappa shape index (κ3) is 46.5. The highest BCUT2D eigenvalue weighted by atomic mass is 31.2. The molecular weight excluding hydrogens is 792 g/mol. The fourth-order valence-electron chi connectivity index (χ4n) is 7.36. The van der Waals surface area contributed by atoms with Crippen LogP contribution in [0, 0.1) is 0 Å². The van der Waals surface area contributed by atoms with Crippen molar-refractivity contribution in [2.75, 3.05) is 40.9 Å². The summed E-state index contributed by atoms with van der Waals surface area (Å²) < 4.78 is 23.6. The van der Waals surface area contributed by atoms with Gasteiger partial charge in [-0.25, -0.2) is 4.57 Å². The van der Waals surface area contributed by atoms with Crippen molar-refractivity contribution in [3.05, 3.63) is 48.6 Å². The highest BCUT2D eigenvalue weighted by Gasteiger charge is 2.27. The summed E-state index contributed by atoms with van der Waals surface area (Å²) >= 11 is 0. The number of unbranched alkanes of at least 4 members (excludes halogenated alkanes) is 28. The van der Waals surface area contributed by atoms with Crippen LogP contribution in [0.3, 0.4) is 0 Å². The number of phosphoric acid groups is 1. The fourth-order valence-corrected chi connectivity index (χ4v) is 8.10. The number of quaternary nitrogens is 1. The van der Waals surface area contributed by atoms with E-state index in [1.165, 1.54) is 167 Å². The number of nitrogens with one attached hydrogen (secondary N) is 1. The third-order valence-corrected chi connectivity index (χ3v) is 12.5. The number of aliphatic hydroxyl groups is 1. The maximum Gasteiger partial charge on any atom is 0.472 e. The van der Waals surface area contributed by atoms with E-state index in [9.17, 15) is 19.4 Å². The average molecular weight is 894 g/mol. The van der Waals surface area contributed by atoms with Gasteiger partial charge in [-0.3, -0.25) is 13.8 Å². The summed E-state index contributed by atoms with van der Waals surface area (Å²) in [6.45, 7) is 4.79. The van der Waals surface area contributed by atoms with Crippen LogP contribution in [0.1, 0.15) is 232 Å². The molecule has 0 radical (unpaired) electrons. The van der Waals surface area contributed by atoms with Crippen molar-refractivity contribution < 1.29 is 32.9 Å². The van der Waals surface area contributed by atoms with Gasteiger partial charge in [-0.15, -0.1) is 0 Å². The summed E-state index contributed by atoms with van der Waals surface area (Å²) in [6.07, 6.45) is 57.7. The molecule has 0 saturated heterocycles. The van der Waals surface area contributed by atoms with Crippen LogP contribution < -0.4 is 5.32 Å². The van der Waals surface area contributed by atoms with E-state index in [-0.39, 0.29) is 19.1 Å². The Morgan fingerprint density at radius 3 is 1.29 bits per heavy atom. The van der Waals surface area contributed by atoms with E-state index < -0.39 is 20.0 Å². The monoisotopic (exact) mass is 894 g/mol. The molecule has 0 rings (SSSR count). The molecule has 8 nitrogen and oxygen atoms in total. The topological polar surface area (TPSA) is 105 Å². The number of carbonyl (C=O) groups is 1. The summed E-state index contributed by atoms with van der Waals surface area (Å²) in [7, 11) is 1.54. The number of likely N-dealkylation sites (N-methyl/N-ethyl adjacent to an activating group) is 1. The minimum absolute atomic E-state index is 0.0520. The molecule has 3 atom stereocenters. The first kappa shape index (κ1) is 60.5. The molecule has 0 heterocycles. The predicted octanol–water partition coefficient (Wildman–Crippen LogP) is 15.2. The van der Waals surface area contributed by atoms with Gasteiger partial charge in [-0.05, 0) is 70.6 Å². The molecule has 0 saturated carbocycles. The van der Waals surface area contributed by atoms with Crippen LogP contribution in [-0.4, -0.2) is 73.4 Å². The SMILES string of the molecule is CCCCCCCCCC/C=C\CCCCCCCCCC(=O)NC(COP(=O)(O)OCC[N+](C)(C)C)C(O)/C=C/CC/C=C/CC/C=C/CCCCCCCCCCCCC. The molecule has 364 valence electrons. The van der Waals surface area contributed by atoms with Crippen molar-refractivity contribution in [1.82, 2.24) is 5.32 Å². The van der Waals surface area contributed by atoms with E-state index in [4.69, 9.17) is 9.05 Å². The Labute approximate surface area is 384 Å². The largest absolute Gasteiger partial charge is 0.472 e. The molecule has 0 aliphatic carbocycles. The summed E-state index contributed by atoms with van der Waals surface area (Å²) in [5.74, 6) is -0.195. The average Bonchev–Trinajstić information content (AvgIpc) is 3.23. The number of phosphoric ester groups is 1. The summed E-state index contributed by atoms with van der Waals surface area (Å²) in [5, 5.41) is 13.9. The number of allylic oxidation sites excluding steroid dienone is 7. The number of hydrogen-bond donors (Lipinski definition) is 3. The Morgan fingerprint density at radius 1 is 0.532 bits per heavy atom. The molecule has 0 aromatic rings. The zero-order valence-electron chi connectivity index (χ0n) is 41.4. The predicted molar refractivity (Wildman–Crippen MR) is 267 cm³/mol. The van der Waals surface area contributed by atoms with E-state index in [0.29, 0.717) is 17.4 Å². The quantitative estimate of drug-likeness (QED) is 0.0243. The van der Waals surface area contributed by atoms with Gasteiger partial charge in [-0.1, -0.05) is 204 Å². The summed E-state index contributed by atoms with van der Waals surface area (Å²) in [4.78, 5) is 23.2. The van der Waals surface area contributed by atoms with E-state index in [0.717, 1.165) is 44.9 Å². The van der Waals surface area contributed by atoms with Gasteiger partial charge in [0.1, 0.15) is 13.2 Å². The second-order valence-electron chi connectivity index (χ2n) is 18.9. The second-order valence-corrected chi connectivity index (χ2v) is 20.3. The molecule has 0 spiro atoms. The summed E-state index contributed by atoms with van der Waals surface area (Å²) in [5.41, 5.74) is 0. The standard InChI is InChI=1S/C53H101N2O6P/c1-6-8-10-12-14-16-18-20-22-24-26-27-29-30-32-34-36-38-40-42-44-46-52(56)51(50-61-62(58,59)60-49-48-55(3,4)5)54-53(57)47-45-43-41-39-37-35-33-31-28-25-23-21-19-17-15-13-11-9-7-2/h25,28-30,36,38,44,46,51-52,56H,6-24,26-27,31-35,37,39-43,45,47-50H2,1-5H3,(H-,54,57,58,59)/p+1/b28-25-,30-29+,38-36+,46-44+. The number of nitrogens with zero attached hydrogens (tertiary/aromatic N) is 1. The molecule has 0 aromatic heterocycles. The van der Waals surface area contributed by atoms with E-state index in [1.54, 1.807) is 6.08 Å². The van der Waals surface area contributed by atoms with Gasteiger partial charge in [0.15, 0.2) is 0 Å². The maximum absolute atomic E-state index is 12.9. The second kappa shape index (κ2) is 44.7. The summed E-state index contributed by atoms with van der Waals surface area (Å²) in [6, 6.07) is -0.872. The molecule has 0 bridgehead atoms. The Kier molecular flexibility index (Phi) is 43.5. The first-order valence-electron chi connectivity index (χ1n) is 26.0. The molecule has 3 unspecified atom stereocenters. The van der Waals surface area contributed by atoms with Crippen LogP contribution in [-0.2, 0) is 18.4 Å². The van der Waals surface area contributed by atoms with Crippen LogP contribution >= 0.6 is 7.82 Å². The van der Waals surface area contributed by atoms with Crippen molar-refractivity contribution in [2.45, 2.75) is 244 Å². The van der Waals surface area contributed by atoms with E-state index >= 15 is 0 Å². The number of rotatable bonds is 47. The number of amides is 1. The molecule has 3 N–H and O–H groups in total. The maximum atomic E-state index is 12.9. The molecule has 1 amide bonds. The van der Waals surface area contributed by atoms with E-state index in [1.807, 2.05) is 27.2 Å². The Morgan fingerprint density at radius 2 is 0.887 bits per heavy atom. The lowest BCUT2D eigenvalue weighted by atomic mass is 10.1. The van der Waals surface area contributed by atoms with Crippen LogP contribution in [0.5, 0.6) is 0 Å². The van der Waals surface area contributed by atoms with Crippen molar-refractivity contribution in [2.24, 2.45) is 0 Å². The zero-order chi connectivity index (χ0) is 45.7. The van der Waals surface area contributed by atoms with Gasteiger partial charge in [0.2, 0.25) is 5.91 Å². The van der Waals surface area contributed by atoms with Crippen molar-refractivity contribution in [3.8, 4) is 0 Å². The number of hydrogen-bond acceptors (Lipinski definition) is 5. The minimum atomic E-state index is -4.36. The highest BCUT2D eigenvalue weighted by Crippen LogP contribution is 2.43. The lowest BCUT2D eigenvalue weighted by Gasteiger charge is -2.25.